The van der Waals surface area contributed by atoms with Crippen LogP contribution in [0.4, 0.5) is 13.2 Å². The molecule has 0 aliphatic heterocycles. The summed E-state index contributed by atoms with van der Waals surface area (Å²) in [5.74, 6) is 0.00697. The average Bonchev–Trinajstić information content (AvgIpc) is 3.50. The number of rotatable bonds is 8. The van der Waals surface area contributed by atoms with E-state index in [1.165, 1.54) is 26.6 Å². The number of hydrogen-bond acceptors (Lipinski definition) is 6. The van der Waals surface area contributed by atoms with Crippen LogP contribution in [-0.4, -0.2) is 55.0 Å². The van der Waals surface area contributed by atoms with Crippen molar-refractivity contribution in [1.82, 2.24) is 30.0 Å². The summed E-state index contributed by atoms with van der Waals surface area (Å²) in [5, 5.41) is 16.7. The standard InChI is InChI=1S/C27H27F3N6O3/c1-15(37)13-36-25(27(28,29)30)20(12-34-36)23-22(21-9-10-31-14-33-21)19(11-32-23)17-7-4-8-18(24(17)39-2)26(38)35-16-5-3-6-16/h4,7-12,14-16,32,37H,3,5-6,13H2,1-2H3,(H,35,38)/t15-/m1/s1. The number of nitrogens with one attached hydrogen (secondary N) is 2. The van der Waals surface area contributed by atoms with E-state index in [2.05, 4.69) is 25.4 Å². The van der Waals surface area contributed by atoms with Crippen LogP contribution in [-0.2, 0) is 12.7 Å². The molecule has 1 amide bonds. The molecule has 1 atom stereocenters. The number of aliphatic hydroxyl groups excluding tert-OH is 1. The summed E-state index contributed by atoms with van der Waals surface area (Å²) in [7, 11) is 1.44. The molecule has 0 radical (unpaired) electrons. The van der Waals surface area contributed by atoms with E-state index in [1.807, 2.05) is 0 Å². The first-order valence-corrected chi connectivity index (χ1v) is 12.5. The summed E-state index contributed by atoms with van der Waals surface area (Å²) >= 11 is 0. The van der Waals surface area contributed by atoms with Crippen LogP contribution in [0.5, 0.6) is 5.75 Å². The molecule has 204 valence electrons. The van der Waals surface area contributed by atoms with Crippen LogP contribution in [0.25, 0.3) is 33.6 Å². The van der Waals surface area contributed by atoms with Gasteiger partial charge in [0, 0.05) is 40.7 Å². The third-order valence-electron chi connectivity index (χ3n) is 6.73. The Morgan fingerprint density at radius 2 is 2.05 bits per heavy atom. The molecular formula is C27H27F3N6O3. The minimum atomic E-state index is -4.76. The lowest BCUT2D eigenvalue weighted by Crippen LogP contribution is -2.39. The Bertz CT molecular complexity index is 1480. The zero-order valence-corrected chi connectivity index (χ0v) is 21.3. The molecule has 4 aromatic rings. The molecule has 1 aliphatic rings. The molecule has 1 fully saturated rings. The number of methoxy groups -OCH3 is 1. The van der Waals surface area contributed by atoms with E-state index in [4.69, 9.17) is 4.74 Å². The summed E-state index contributed by atoms with van der Waals surface area (Å²) in [4.78, 5) is 24.3. The molecule has 0 unspecified atom stereocenters. The van der Waals surface area contributed by atoms with Gasteiger partial charge in [0.15, 0.2) is 5.69 Å². The average molecular weight is 541 g/mol. The molecule has 1 aliphatic carbocycles. The number of amides is 1. The number of ether oxygens (including phenoxy) is 1. The second-order valence-corrected chi connectivity index (χ2v) is 9.47. The Labute approximate surface area is 222 Å². The van der Waals surface area contributed by atoms with Gasteiger partial charge in [-0.25, -0.2) is 9.97 Å². The molecule has 1 aromatic carbocycles. The number of carbonyl (C=O) groups excluding carboxylic acids is 1. The van der Waals surface area contributed by atoms with Crippen molar-refractivity contribution in [2.45, 2.75) is 51.1 Å². The lowest BCUT2D eigenvalue weighted by molar-refractivity contribution is -0.144. The number of alkyl halides is 3. The van der Waals surface area contributed by atoms with Crippen LogP contribution in [0, 0.1) is 0 Å². The van der Waals surface area contributed by atoms with E-state index in [0.29, 0.717) is 27.9 Å². The maximum atomic E-state index is 14.3. The van der Waals surface area contributed by atoms with Gasteiger partial charge in [-0.3, -0.25) is 9.48 Å². The normalized spacial score (nSPS) is 14.6. The molecule has 3 N–H and O–H groups in total. The van der Waals surface area contributed by atoms with Crippen molar-refractivity contribution in [3.8, 4) is 39.4 Å². The monoisotopic (exact) mass is 540 g/mol. The van der Waals surface area contributed by atoms with Crippen LogP contribution in [0.3, 0.4) is 0 Å². The third-order valence-corrected chi connectivity index (χ3v) is 6.73. The third kappa shape index (κ3) is 5.11. The molecule has 12 heteroatoms. The summed E-state index contributed by atoms with van der Waals surface area (Å²) in [6.45, 7) is 1.05. The predicted molar refractivity (Wildman–Crippen MR) is 137 cm³/mol. The number of nitrogens with zero attached hydrogens (tertiary/aromatic N) is 4. The highest BCUT2D eigenvalue weighted by Crippen LogP contribution is 2.46. The van der Waals surface area contributed by atoms with Gasteiger partial charge in [-0.1, -0.05) is 12.1 Å². The number of halogens is 3. The molecule has 3 heterocycles. The minimum absolute atomic E-state index is 0.111. The van der Waals surface area contributed by atoms with Gasteiger partial charge in [-0.2, -0.15) is 18.3 Å². The maximum absolute atomic E-state index is 14.3. The van der Waals surface area contributed by atoms with Crippen molar-refractivity contribution < 1.29 is 27.8 Å². The maximum Gasteiger partial charge on any atom is 0.433 e. The Hall–Kier alpha value is -4.19. The van der Waals surface area contributed by atoms with E-state index in [9.17, 15) is 23.1 Å². The summed E-state index contributed by atoms with van der Waals surface area (Å²) in [6.07, 6.45) is 2.55. The first-order valence-electron chi connectivity index (χ1n) is 12.5. The Balaban J connectivity index is 1.70. The van der Waals surface area contributed by atoms with E-state index >= 15 is 0 Å². The van der Waals surface area contributed by atoms with Gasteiger partial charge >= 0.3 is 6.18 Å². The molecular weight excluding hydrogens is 513 g/mol. The SMILES string of the molecule is COc1c(C(=O)NC2CCC2)cccc1-c1c[nH]c(-c2cnn(C[C@@H](C)O)c2C(F)(F)F)c1-c1ccncn1. The number of aromatic nitrogens is 5. The van der Waals surface area contributed by atoms with Gasteiger partial charge in [0.25, 0.3) is 5.91 Å². The highest BCUT2D eigenvalue weighted by molar-refractivity contribution is 6.02. The number of aliphatic hydroxyl groups is 1. The van der Waals surface area contributed by atoms with Gasteiger partial charge in [0.05, 0.1) is 42.9 Å². The van der Waals surface area contributed by atoms with E-state index in [1.54, 1.807) is 30.5 Å². The minimum Gasteiger partial charge on any atom is -0.495 e. The number of benzene rings is 1. The number of aromatic amines is 1. The molecule has 0 spiro atoms. The van der Waals surface area contributed by atoms with Crippen LogP contribution in [0.1, 0.15) is 42.2 Å². The van der Waals surface area contributed by atoms with Crippen molar-refractivity contribution in [3.05, 3.63) is 60.4 Å². The lowest BCUT2D eigenvalue weighted by Gasteiger charge is -2.26. The van der Waals surface area contributed by atoms with Crippen molar-refractivity contribution in [1.29, 1.82) is 0 Å². The lowest BCUT2D eigenvalue weighted by atomic mass is 9.92. The molecule has 3 aromatic heterocycles. The highest BCUT2D eigenvalue weighted by atomic mass is 19.4. The van der Waals surface area contributed by atoms with Crippen LogP contribution < -0.4 is 10.1 Å². The van der Waals surface area contributed by atoms with Crippen molar-refractivity contribution >= 4 is 5.91 Å². The van der Waals surface area contributed by atoms with Crippen LogP contribution in [0.2, 0.25) is 0 Å². The molecule has 0 bridgehead atoms. The molecule has 0 saturated heterocycles. The van der Waals surface area contributed by atoms with Crippen LogP contribution in [0.15, 0.2) is 49.2 Å². The molecule has 1 saturated carbocycles. The first-order chi connectivity index (χ1) is 18.7. The van der Waals surface area contributed by atoms with E-state index < -0.39 is 18.0 Å². The van der Waals surface area contributed by atoms with Crippen molar-refractivity contribution in [3.63, 3.8) is 0 Å². The van der Waals surface area contributed by atoms with E-state index in [-0.39, 0.29) is 35.5 Å². The fourth-order valence-corrected chi connectivity index (χ4v) is 4.77. The number of hydrogen-bond donors (Lipinski definition) is 3. The second kappa shape index (κ2) is 10.5. The topological polar surface area (TPSA) is 118 Å². The molecule has 5 rings (SSSR count). The largest absolute Gasteiger partial charge is 0.495 e. The summed E-state index contributed by atoms with van der Waals surface area (Å²) in [5.41, 5.74) is 0.926. The first kappa shape index (κ1) is 26.4. The zero-order chi connectivity index (χ0) is 27.7. The fourth-order valence-electron chi connectivity index (χ4n) is 4.77. The Morgan fingerprint density at radius 1 is 1.26 bits per heavy atom. The highest BCUT2D eigenvalue weighted by Gasteiger charge is 2.40. The Morgan fingerprint density at radius 3 is 2.67 bits per heavy atom. The van der Waals surface area contributed by atoms with Crippen LogP contribution >= 0.6 is 0 Å². The smallest absolute Gasteiger partial charge is 0.433 e. The van der Waals surface area contributed by atoms with Crippen molar-refractivity contribution in [2.24, 2.45) is 0 Å². The van der Waals surface area contributed by atoms with Gasteiger partial charge < -0.3 is 20.1 Å². The van der Waals surface area contributed by atoms with Gasteiger partial charge in [-0.15, -0.1) is 0 Å². The Kier molecular flexibility index (Phi) is 7.13. The number of para-hydroxylation sites is 1. The molecule has 39 heavy (non-hydrogen) atoms. The molecule has 9 nitrogen and oxygen atoms in total. The summed E-state index contributed by atoms with van der Waals surface area (Å²) in [6, 6.07) is 6.78. The zero-order valence-electron chi connectivity index (χ0n) is 21.3. The number of H-pyrrole nitrogens is 1. The van der Waals surface area contributed by atoms with E-state index in [0.717, 1.165) is 30.1 Å². The van der Waals surface area contributed by atoms with Gasteiger partial charge in [-0.05, 0) is 38.3 Å². The van der Waals surface area contributed by atoms with Crippen molar-refractivity contribution in [2.75, 3.05) is 7.11 Å². The van der Waals surface area contributed by atoms with Gasteiger partial charge in [0.1, 0.15) is 12.1 Å². The quantitative estimate of drug-likeness (QED) is 0.298. The predicted octanol–water partition coefficient (Wildman–Crippen LogP) is 4.69. The fraction of sp³-hybridized carbons (Fsp3) is 0.333. The number of carbonyl (C=O) groups is 1. The second-order valence-electron chi connectivity index (χ2n) is 9.47. The summed E-state index contributed by atoms with van der Waals surface area (Å²) < 4.78 is 49.3. The van der Waals surface area contributed by atoms with Gasteiger partial charge in [0.2, 0.25) is 0 Å².